The zero-order valence-electron chi connectivity index (χ0n) is 9.17. The summed E-state index contributed by atoms with van der Waals surface area (Å²) in [6, 6.07) is -0.780. The number of hydrogen-bond acceptors (Lipinski definition) is 3. The van der Waals surface area contributed by atoms with E-state index in [1.807, 2.05) is 0 Å². The van der Waals surface area contributed by atoms with Crippen LogP contribution >= 0.6 is 11.6 Å². The van der Waals surface area contributed by atoms with Gasteiger partial charge in [-0.2, -0.15) is 0 Å². The van der Waals surface area contributed by atoms with Gasteiger partial charge in [0.2, 0.25) is 5.91 Å². The molecule has 0 aromatic heterocycles. The Morgan fingerprint density at radius 3 is 2.33 bits per heavy atom. The number of carbonyl (C=O) groups is 2. The van der Waals surface area contributed by atoms with Gasteiger partial charge < -0.3 is 15.8 Å². The second kappa shape index (κ2) is 5.80. The molecule has 0 radical (unpaired) electrons. The molecule has 0 bridgehead atoms. The fraction of sp³-hybridized carbons (Fsp3) is 0.778. The first-order valence-electron chi connectivity index (χ1n) is 4.61. The fourth-order valence-corrected chi connectivity index (χ4v) is 1.06. The summed E-state index contributed by atoms with van der Waals surface area (Å²) >= 11 is 5.46. The first-order chi connectivity index (χ1) is 6.76. The number of alkyl halides is 1. The maximum atomic E-state index is 11.3. The molecule has 0 aromatic rings. The number of halogens is 1. The highest BCUT2D eigenvalue weighted by Gasteiger charge is 2.21. The number of alkyl carbamates (subject to hydrolysis) is 1. The lowest BCUT2D eigenvalue weighted by molar-refractivity contribution is -0.120. The molecule has 0 saturated carbocycles. The number of ether oxygens (including phenoxy) is 1. The van der Waals surface area contributed by atoms with Crippen molar-refractivity contribution < 1.29 is 14.3 Å². The first kappa shape index (κ1) is 14.0. The molecule has 2 amide bonds. The second-order valence-corrected chi connectivity index (χ2v) is 4.46. The Bertz CT molecular complexity index is 238. The summed E-state index contributed by atoms with van der Waals surface area (Å²) in [7, 11) is 0. The van der Waals surface area contributed by atoms with Crippen molar-refractivity contribution in [1.29, 1.82) is 0 Å². The summed E-state index contributed by atoms with van der Waals surface area (Å²) < 4.78 is 4.96. The van der Waals surface area contributed by atoms with Gasteiger partial charge in [0.1, 0.15) is 11.6 Å². The molecule has 0 spiro atoms. The van der Waals surface area contributed by atoms with Crippen LogP contribution in [-0.4, -0.2) is 29.5 Å². The number of carbonyl (C=O) groups excluding carboxylic acids is 2. The third-order valence-corrected chi connectivity index (χ3v) is 1.65. The number of hydrogen-bond donors (Lipinski definition) is 2. The Morgan fingerprint density at radius 1 is 1.47 bits per heavy atom. The van der Waals surface area contributed by atoms with Gasteiger partial charge in [0, 0.05) is 5.88 Å². The predicted molar refractivity (Wildman–Crippen MR) is 57.7 cm³/mol. The third kappa shape index (κ3) is 7.02. The molecule has 3 N–H and O–H groups in total. The first-order valence-corrected chi connectivity index (χ1v) is 5.14. The van der Waals surface area contributed by atoms with Gasteiger partial charge in [-0.1, -0.05) is 0 Å². The number of nitrogens with two attached hydrogens (primary N) is 1. The molecule has 6 heteroatoms. The Labute approximate surface area is 94.3 Å². The van der Waals surface area contributed by atoms with Gasteiger partial charge in [-0.3, -0.25) is 4.79 Å². The average Bonchev–Trinajstić information content (AvgIpc) is 1.99. The van der Waals surface area contributed by atoms with Crippen LogP contribution in [-0.2, 0) is 9.53 Å². The summed E-state index contributed by atoms with van der Waals surface area (Å²) in [6.45, 7) is 5.19. The minimum Gasteiger partial charge on any atom is -0.444 e. The number of amides is 2. The van der Waals surface area contributed by atoms with Gasteiger partial charge in [-0.15, -0.1) is 11.6 Å². The van der Waals surface area contributed by atoms with Crippen molar-refractivity contribution in [3.63, 3.8) is 0 Å². The van der Waals surface area contributed by atoms with Gasteiger partial charge in [0.15, 0.2) is 0 Å². The lowest BCUT2D eigenvalue weighted by Gasteiger charge is -2.21. The molecule has 5 nitrogen and oxygen atoms in total. The van der Waals surface area contributed by atoms with E-state index in [2.05, 4.69) is 5.32 Å². The molecule has 0 saturated heterocycles. The number of nitrogens with one attached hydrogen (secondary N) is 1. The van der Waals surface area contributed by atoms with E-state index in [1.165, 1.54) is 0 Å². The van der Waals surface area contributed by atoms with Crippen molar-refractivity contribution in [2.75, 3.05) is 5.88 Å². The topological polar surface area (TPSA) is 81.4 Å². The molecule has 0 fully saturated rings. The zero-order chi connectivity index (χ0) is 12.1. The van der Waals surface area contributed by atoms with Crippen LogP contribution < -0.4 is 11.1 Å². The quantitative estimate of drug-likeness (QED) is 0.715. The normalized spacial score (nSPS) is 13.1. The monoisotopic (exact) mass is 236 g/mol. The van der Waals surface area contributed by atoms with Gasteiger partial charge in [0.25, 0.3) is 0 Å². The van der Waals surface area contributed by atoms with Crippen LogP contribution in [0.3, 0.4) is 0 Å². The Hall–Kier alpha value is -0.970. The average molecular weight is 237 g/mol. The Kier molecular flexibility index (Phi) is 5.43. The van der Waals surface area contributed by atoms with Crippen molar-refractivity contribution in [2.24, 2.45) is 5.73 Å². The molecule has 1 unspecified atom stereocenters. The summed E-state index contributed by atoms with van der Waals surface area (Å²) in [6.07, 6.45) is -0.382. The Balaban J connectivity index is 4.18. The molecule has 15 heavy (non-hydrogen) atoms. The smallest absolute Gasteiger partial charge is 0.408 e. The summed E-state index contributed by atoms with van der Waals surface area (Å²) in [5.41, 5.74) is 4.46. The van der Waals surface area contributed by atoms with Crippen LogP contribution in [0.2, 0.25) is 0 Å². The molecule has 0 rings (SSSR count). The third-order valence-electron chi connectivity index (χ3n) is 1.43. The van der Waals surface area contributed by atoms with E-state index in [9.17, 15) is 9.59 Å². The maximum Gasteiger partial charge on any atom is 0.408 e. The van der Waals surface area contributed by atoms with E-state index in [1.54, 1.807) is 20.8 Å². The molecule has 1 atom stereocenters. The summed E-state index contributed by atoms with van der Waals surface area (Å²) in [4.78, 5) is 22.1. The van der Waals surface area contributed by atoms with Crippen molar-refractivity contribution in [3.8, 4) is 0 Å². The highest BCUT2D eigenvalue weighted by Crippen LogP contribution is 2.07. The van der Waals surface area contributed by atoms with Crippen molar-refractivity contribution >= 4 is 23.6 Å². The van der Waals surface area contributed by atoms with Crippen LogP contribution in [0.15, 0.2) is 0 Å². The second-order valence-electron chi connectivity index (χ2n) is 4.08. The van der Waals surface area contributed by atoms with Crippen LogP contribution in [0.4, 0.5) is 4.79 Å². The predicted octanol–water partition coefficient (Wildman–Crippen LogP) is 0.994. The summed E-state index contributed by atoms with van der Waals surface area (Å²) in [5, 5.41) is 2.35. The highest BCUT2D eigenvalue weighted by atomic mass is 35.5. The van der Waals surface area contributed by atoms with E-state index in [0.717, 1.165) is 0 Å². The molecule has 0 heterocycles. The van der Waals surface area contributed by atoms with E-state index in [4.69, 9.17) is 22.1 Å². The van der Waals surface area contributed by atoms with Gasteiger partial charge in [-0.25, -0.2) is 4.79 Å². The van der Waals surface area contributed by atoms with Crippen molar-refractivity contribution in [2.45, 2.75) is 38.8 Å². The van der Waals surface area contributed by atoms with Crippen molar-refractivity contribution in [1.82, 2.24) is 5.32 Å². The molecule has 0 aliphatic carbocycles. The molecular weight excluding hydrogens is 220 g/mol. The lowest BCUT2D eigenvalue weighted by Crippen LogP contribution is -2.46. The van der Waals surface area contributed by atoms with Gasteiger partial charge >= 0.3 is 6.09 Å². The van der Waals surface area contributed by atoms with Crippen molar-refractivity contribution in [3.05, 3.63) is 0 Å². The van der Waals surface area contributed by atoms with Crippen LogP contribution in [0.5, 0.6) is 0 Å². The molecule has 0 aliphatic heterocycles. The van der Waals surface area contributed by atoms with E-state index >= 15 is 0 Å². The largest absolute Gasteiger partial charge is 0.444 e. The molecule has 88 valence electrons. The minimum absolute atomic E-state index is 0.239. The van der Waals surface area contributed by atoms with E-state index < -0.39 is 23.6 Å². The molecule has 0 aliphatic rings. The van der Waals surface area contributed by atoms with E-state index in [0.29, 0.717) is 0 Å². The van der Waals surface area contributed by atoms with Crippen LogP contribution in [0.25, 0.3) is 0 Å². The van der Waals surface area contributed by atoms with Gasteiger partial charge in [0.05, 0.1) is 0 Å². The lowest BCUT2D eigenvalue weighted by atomic mass is 10.2. The van der Waals surface area contributed by atoms with Crippen LogP contribution in [0, 0.1) is 0 Å². The minimum atomic E-state index is -0.780. The standard InChI is InChI=1S/C9H17ClN2O3/c1-9(2,3)15-8(14)12-6(4-5-10)7(11)13/h6H,4-5H2,1-3H3,(H2,11,13)(H,12,14). The van der Waals surface area contributed by atoms with E-state index in [-0.39, 0.29) is 12.3 Å². The zero-order valence-corrected chi connectivity index (χ0v) is 9.93. The highest BCUT2D eigenvalue weighted by molar-refractivity contribution is 6.18. The van der Waals surface area contributed by atoms with Crippen LogP contribution in [0.1, 0.15) is 27.2 Å². The Morgan fingerprint density at radius 2 is 2.00 bits per heavy atom. The number of primary amides is 1. The fourth-order valence-electron chi connectivity index (χ4n) is 0.844. The molecule has 0 aromatic carbocycles. The number of rotatable bonds is 4. The molecular formula is C9H17ClN2O3. The van der Waals surface area contributed by atoms with Gasteiger partial charge in [-0.05, 0) is 27.2 Å². The summed E-state index contributed by atoms with van der Waals surface area (Å²) in [5.74, 6) is -0.384. The maximum absolute atomic E-state index is 11.3. The SMILES string of the molecule is CC(C)(C)OC(=O)NC(CCCl)C(N)=O.